The van der Waals surface area contributed by atoms with Crippen molar-refractivity contribution in [3.8, 4) is 0 Å². The number of anilines is 2. The lowest BCUT2D eigenvalue weighted by molar-refractivity contribution is 0.0724. The second kappa shape index (κ2) is 7.03. The summed E-state index contributed by atoms with van der Waals surface area (Å²) < 4.78 is 25.0. The highest BCUT2D eigenvalue weighted by Crippen LogP contribution is 2.43. The molecule has 1 fully saturated rings. The highest BCUT2D eigenvalue weighted by atomic mass is 32.2. The van der Waals surface area contributed by atoms with Gasteiger partial charge in [-0.1, -0.05) is 19.3 Å². The van der Waals surface area contributed by atoms with Gasteiger partial charge in [0.1, 0.15) is 11.3 Å². The maximum Gasteiger partial charge on any atom is 0.268 e. The van der Waals surface area contributed by atoms with Gasteiger partial charge in [-0.05, 0) is 50.1 Å². The first kappa shape index (κ1) is 20.0. The Morgan fingerprint density at radius 3 is 2.58 bits per heavy atom. The van der Waals surface area contributed by atoms with Gasteiger partial charge in [0, 0.05) is 23.3 Å². The zero-order valence-electron chi connectivity index (χ0n) is 17.1. The van der Waals surface area contributed by atoms with Gasteiger partial charge in [0.15, 0.2) is 0 Å². The van der Waals surface area contributed by atoms with E-state index >= 15 is 0 Å². The molecule has 0 saturated heterocycles. The van der Waals surface area contributed by atoms with E-state index in [0.717, 1.165) is 36.7 Å². The average molecular weight is 441 g/mol. The lowest BCUT2D eigenvalue weighted by atomic mass is 9.75. The van der Waals surface area contributed by atoms with Crippen LogP contribution in [0, 0.1) is 0 Å². The van der Waals surface area contributed by atoms with E-state index in [1.54, 1.807) is 18.3 Å². The molecule has 0 radical (unpaired) electrons. The van der Waals surface area contributed by atoms with E-state index in [0.29, 0.717) is 17.3 Å². The fraction of sp³-hybridized carbons (Fsp3) is 0.381. The molecule has 4 N–H and O–H groups in total. The molecule has 5 rings (SSSR count). The molecule has 1 aliphatic heterocycles. The van der Waals surface area contributed by atoms with Crippen LogP contribution in [0.3, 0.4) is 0 Å². The molecule has 31 heavy (non-hydrogen) atoms. The quantitative estimate of drug-likeness (QED) is 0.574. The third kappa shape index (κ3) is 3.26. The number of amides is 1. The Kier molecular flexibility index (Phi) is 4.52. The molecular weight excluding hydrogens is 416 g/mol. The molecule has 1 unspecified atom stereocenters. The number of nitrogens with two attached hydrogens (primary N) is 1. The molecule has 1 spiro atoms. The zero-order chi connectivity index (χ0) is 21.8. The highest BCUT2D eigenvalue weighted by Gasteiger charge is 2.46. The second-order valence-corrected chi connectivity index (χ2v) is 9.95. The van der Waals surface area contributed by atoms with Crippen LogP contribution in [0.15, 0.2) is 41.4 Å². The Hall–Kier alpha value is -2.98. The van der Waals surface area contributed by atoms with Gasteiger partial charge in [-0.2, -0.15) is 4.98 Å². The van der Waals surface area contributed by atoms with Crippen LogP contribution < -0.4 is 15.8 Å². The summed E-state index contributed by atoms with van der Waals surface area (Å²) in [6, 6.07) is 7.95. The van der Waals surface area contributed by atoms with Gasteiger partial charge in [-0.3, -0.25) is 4.79 Å². The molecule has 1 aromatic carbocycles. The molecule has 1 atom stereocenters. The van der Waals surface area contributed by atoms with Gasteiger partial charge in [-0.25, -0.2) is 18.5 Å². The van der Waals surface area contributed by atoms with Crippen LogP contribution in [-0.2, 0) is 15.6 Å². The van der Waals surface area contributed by atoms with Gasteiger partial charge in [-0.15, -0.1) is 0 Å². The van der Waals surface area contributed by atoms with Crippen LogP contribution in [0.5, 0.6) is 0 Å². The molecule has 2 aromatic heterocycles. The first-order chi connectivity index (χ1) is 14.8. The van der Waals surface area contributed by atoms with Gasteiger partial charge in [0.25, 0.3) is 5.91 Å². The number of hydrogen-bond donors (Lipinski definition) is 3. The molecular formula is C21H24N6O3S. The number of hydrogen-bond acceptors (Lipinski definition) is 6. The number of primary sulfonamides is 1. The van der Waals surface area contributed by atoms with E-state index in [1.807, 2.05) is 6.07 Å². The van der Waals surface area contributed by atoms with Crippen LogP contribution >= 0.6 is 0 Å². The van der Waals surface area contributed by atoms with Gasteiger partial charge in [0.2, 0.25) is 16.0 Å². The van der Waals surface area contributed by atoms with E-state index in [-0.39, 0.29) is 22.4 Å². The number of rotatable bonds is 3. The molecule has 0 bridgehead atoms. The van der Waals surface area contributed by atoms with Crippen molar-refractivity contribution in [2.45, 2.75) is 55.5 Å². The number of sulfonamides is 1. The number of fused-ring (bicyclic) bond motifs is 4. The Balaban J connectivity index is 1.57. The summed E-state index contributed by atoms with van der Waals surface area (Å²) >= 11 is 0. The first-order valence-electron chi connectivity index (χ1n) is 10.4. The molecule has 10 heteroatoms. The Bertz CT molecular complexity index is 1280. The Morgan fingerprint density at radius 1 is 1.19 bits per heavy atom. The van der Waals surface area contributed by atoms with Crippen molar-refractivity contribution < 1.29 is 13.2 Å². The minimum Gasteiger partial charge on any atom is -0.346 e. The SMILES string of the molecule is CC1NC(=O)c2cc3cnc(Nc4ccc(S(N)(=O)=O)cc4)nc3n2C12CCCCC2. The van der Waals surface area contributed by atoms with Crippen LogP contribution in [0.25, 0.3) is 11.0 Å². The number of carbonyl (C=O) groups is 1. The van der Waals surface area contributed by atoms with Gasteiger partial charge < -0.3 is 15.2 Å². The molecule has 3 heterocycles. The Morgan fingerprint density at radius 2 is 1.90 bits per heavy atom. The third-order valence-electron chi connectivity index (χ3n) is 6.53. The molecule has 1 saturated carbocycles. The Labute approximate surface area is 180 Å². The summed E-state index contributed by atoms with van der Waals surface area (Å²) in [6.45, 7) is 2.07. The number of nitrogens with one attached hydrogen (secondary N) is 2. The summed E-state index contributed by atoms with van der Waals surface area (Å²) in [4.78, 5) is 21.9. The minimum atomic E-state index is -3.75. The fourth-order valence-corrected chi connectivity index (χ4v) is 5.46. The van der Waals surface area contributed by atoms with E-state index in [4.69, 9.17) is 10.1 Å². The third-order valence-corrected chi connectivity index (χ3v) is 7.46. The van der Waals surface area contributed by atoms with Crippen LogP contribution in [0.2, 0.25) is 0 Å². The molecule has 3 aromatic rings. The number of benzene rings is 1. The highest BCUT2D eigenvalue weighted by molar-refractivity contribution is 7.89. The standard InChI is InChI=1S/C21H24N6O3S/c1-13-21(9-3-2-4-10-21)27-17(19(28)24-13)11-14-12-23-20(26-18(14)27)25-15-5-7-16(8-6-15)31(22,29)30/h5-8,11-13H,2-4,9-10H2,1H3,(H,24,28)(H2,22,29,30)(H,23,25,26). The topological polar surface area (TPSA) is 132 Å². The lowest BCUT2D eigenvalue weighted by Gasteiger charge is -2.47. The summed E-state index contributed by atoms with van der Waals surface area (Å²) in [5.41, 5.74) is 1.80. The molecule has 9 nitrogen and oxygen atoms in total. The largest absolute Gasteiger partial charge is 0.346 e. The lowest BCUT2D eigenvalue weighted by Crippen LogP contribution is -2.58. The average Bonchev–Trinajstić information content (AvgIpc) is 3.13. The minimum absolute atomic E-state index is 0.0144. The summed E-state index contributed by atoms with van der Waals surface area (Å²) in [6.07, 6.45) is 7.13. The predicted octanol–water partition coefficient (Wildman–Crippen LogP) is 2.61. The molecule has 2 aliphatic rings. The zero-order valence-corrected chi connectivity index (χ0v) is 17.9. The van der Waals surface area contributed by atoms with E-state index < -0.39 is 10.0 Å². The monoisotopic (exact) mass is 440 g/mol. The smallest absolute Gasteiger partial charge is 0.268 e. The first-order valence-corrected chi connectivity index (χ1v) is 11.9. The normalized spacial score (nSPS) is 20.5. The van der Waals surface area contributed by atoms with Gasteiger partial charge in [0.05, 0.1) is 10.4 Å². The summed E-state index contributed by atoms with van der Waals surface area (Å²) in [7, 11) is -3.75. The van der Waals surface area contributed by atoms with Crippen LogP contribution in [-0.4, -0.2) is 34.9 Å². The maximum atomic E-state index is 12.7. The number of aromatic nitrogens is 3. The van der Waals surface area contributed by atoms with Crippen LogP contribution in [0.1, 0.15) is 49.5 Å². The fourth-order valence-electron chi connectivity index (χ4n) is 4.94. The van der Waals surface area contributed by atoms with Crippen molar-refractivity contribution in [3.63, 3.8) is 0 Å². The molecule has 162 valence electrons. The van der Waals surface area contributed by atoms with Crippen molar-refractivity contribution in [2.24, 2.45) is 5.14 Å². The van der Waals surface area contributed by atoms with E-state index in [9.17, 15) is 13.2 Å². The maximum absolute atomic E-state index is 12.7. The van der Waals surface area contributed by atoms with Crippen molar-refractivity contribution in [1.82, 2.24) is 19.9 Å². The van der Waals surface area contributed by atoms with E-state index in [2.05, 4.69) is 27.1 Å². The van der Waals surface area contributed by atoms with Crippen molar-refractivity contribution in [3.05, 3.63) is 42.2 Å². The predicted molar refractivity (Wildman–Crippen MR) is 117 cm³/mol. The van der Waals surface area contributed by atoms with E-state index in [1.165, 1.54) is 18.6 Å². The molecule has 1 amide bonds. The number of nitrogens with zero attached hydrogens (tertiary/aromatic N) is 3. The summed E-state index contributed by atoms with van der Waals surface area (Å²) in [5.74, 6) is 0.288. The van der Waals surface area contributed by atoms with Crippen molar-refractivity contribution in [2.75, 3.05) is 5.32 Å². The van der Waals surface area contributed by atoms with Crippen molar-refractivity contribution in [1.29, 1.82) is 0 Å². The molecule has 1 aliphatic carbocycles. The van der Waals surface area contributed by atoms with Crippen LogP contribution in [0.4, 0.5) is 11.6 Å². The number of carbonyl (C=O) groups excluding carboxylic acids is 1. The van der Waals surface area contributed by atoms with Gasteiger partial charge >= 0.3 is 0 Å². The second-order valence-electron chi connectivity index (χ2n) is 8.39. The van der Waals surface area contributed by atoms with Crippen molar-refractivity contribution >= 4 is 38.6 Å². The summed E-state index contributed by atoms with van der Waals surface area (Å²) in [5, 5.41) is 12.2.